The van der Waals surface area contributed by atoms with Crippen molar-refractivity contribution in [2.24, 2.45) is 0 Å². The van der Waals surface area contributed by atoms with Crippen LogP contribution in [0.15, 0.2) is 24.3 Å². The van der Waals surface area contributed by atoms with E-state index in [0.717, 1.165) is 11.9 Å². The predicted molar refractivity (Wildman–Crippen MR) is 81.5 cm³/mol. The van der Waals surface area contributed by atoms with E-state index in [9.17, 15) is 5.11 Å². The highest BCUT2D eigenvalue weighted by molar-refractivity contribution is 8.00. The first-order valence-electron chi connectivity index (χ1n) is 6.24. The third-order valence-corrected chi connectivity index (χ3v) is 5.44. The fourth-order valence-corrected chi connectivity index (χ4v) is 4.20. The lowest BCUT2D eigenvalue weighted by Gasteiger charge is -2.18. The summed E-state index contributed by atoms with van der Waals surface area (Å²) in [7, 11) is 0. The SMILES string of the molecule is C[C@H](Cc1nc2ccccc2s1)S[C@@H](C)[C@H](C)O. The van der Waals surface area contributed by atoms with Crippen LogP contribution in [0.2, 0.25) is 0 Å². The Bertz CT molecular complexity index is 476. The lowest BCUT2D eigenvalue weighted by molar-refractivity contribution is 0.196. The molecule has 0 saturated carbocycles. The normalized spacial score (nSPS) is 16.7. The van der Waals surface area contributed by atoms with Crippen molar-refractivity contribution in [3.63, 3.8) is 0 Å². The standard InChI is InChI=1S/C14H19NOS2/c1-9(17-11(3)10(2)16)8-14-15-12-6-4-5-7-13(12)18-14/h4-7,9-11,16H,8H2,1-3H3/t9-,10+,11+/m1/s1. The number of benzene rings is 1. The molecule has 2 nitrogen and oxygen atoms in total. The van der Waals surface area contributed by atoms with Gasteiger partial charge in [0.15, 0.2) is 0 Å². The number of thiazole rings is 1. The fraction of sp³-hybridized carbons (Fsp3) is 0.500. The lowest BCUT2D eigenvalue weighted by Crippen LogP contribution is -2.19. The van der Waals surface area contributed by atoms with Crippen LogP contribution in [0.1, 0.15) is 25.8 Å². The van der Waals surface area contributed by atoms with Crippen LogP contribution in [-0.4, -0.2) is 26.7 Å². The molecule has 3 atom stereocenters. The van der Waals surface area contributed by atoms with Crippen molar-refractivity contribution in [2.45, 2.75) is 43.8 Å². The number of rotatable bonds is 5. The number of hydrogen-bond donors (Lipinski definition) is 1. The van der Waals surface area contributed by atoms with Gasteiger partial charge >= 0.3 is 0 Å². The number of aliphatic hydroxyl groups excluding tert-OH is 1. The zero-order valence-corrected chi connectivity index (χ0v) is 12.6. The van der Waals surface area contributed by atoms with Crippen LogP contribution < -0.4 is 0 Å². The van der Waals surface area contributed by atoms with Crippen LogP contribution >= 0.6 is 23.1 Å². The molecule has 0 spiro atoms. The van der Waals surface area contributed by atoms with Crippen molar-refractivity contribution in [2.75, 3.05) is 0 Å². The molecule has 0 aliphatic carbocycles. The first-order chi connectivity index (χ1) is 8.56. The maximum Gasteiger partial charge on any atom is 0.0949 e. The molecule has 1 heterocycles. The van der Waals surface area contributed by atoms with Crippen molar-refractivity contribution >= 4 is 33.3 Å². The second kappa shape index (κ2) is 6.04. The summed E-state index contributed by atoms with van der Waals surface area (Å²) < 4.78 is 1.26. The molecule has 98 valence electrons. The molecule has 1 N–H and O–H groups in total. The third-order valence-electron chi connectivity index (χ3n) is 2.93. The van der Waals surface area contributed by atoms with E-state index in [1.165, 1.54) is 9.71 Å². The van der Waals surface area contributed by atoms with Gasteiger partial charge in [0, 0.05) is 16.9 Å². The average Bonchev–Trinajstić information content (AvgIpc) is 2.70. The Kier molecular flexibility index (Phi) is 4.65. The van der Waals surface area contributed by atoms with Gasteiger partial charge in [0.2, 0.25) is 0 Å². The molecule has 0 bridgehead atoms. The second-order valence-corrected chi connectivity index (χ2v) is 7.61. The molecule has 2 aromatic rings. The van der Waals surface area contributed by atoms with Gasteiger partial charge in [-0.25, -0.2) is 4.98 Å². The van der Waals surface area contributed by atoms with Gasteiger partial charge in [-0.3, -0.25) is 0 Å². The molecule has 0 fully saturated rings. The summed E-state index contributed by atoms with van der Waals surface area (Å²) in [6.45, 7) is 6.13. The Balaban J connectivity index is 2.00. The third kappa shape index (κ3) is 3.46. The van der Waals surface area contributed by atoms with Crippen LogP contribution in [0, 0.1) is 0 Å². The first-order valence-corrected chi connectivity index (χ1v) is 8.00. The van der Waals surface area contributed by atoms with E-state index in [0.29, 0.717) is 5.25 Å². The summed E-state index contributed by atoms with van der Waals surface area (Å²) in [4.78, 5) is 4.65. The maximum atomic E-state index is 9.52. The van der Waals surface area contributed by atoms with Gasteiger partial charge in [-0.2, -0.15) is 11.8 Å². The van der Waals surface area contributed by atoms with Gasteiger partial charge in [0.1, 0.15) is 0 Å². The number of nitrogens with zero attached hydrogens (tertiary/aromatic N) is 1. The Morgan fingerprint density at radius 1 is 1.28 bits per heavy atom. The van der Waals surface area contributed by atoms with Crippen LogP contribution in [-0.2, 0) is 6.42 Å². The molecule has 18 heavy (non-hydrogen) atoms. The van der Waals surface area contributed by atoms with E-state index >= 15 is 0 Å². The number of hydrogen-bond acceptors (Lipinski definition) is 4. The Morgan fingerprint density at radius 2 is 2.00 bits per heavy atom. The highest BCUT2D eigenvalue weighted by Crippen LogP contribution is 2.27. The van der Waals surface area contributed by atoms with Gasteiger partial charge in [-0.1, -0.05) is 26.0 Å². The monoisotopic (exact) mass is 281 g/mol. The average molecular weight is 281 g/mol. The van der Waals surface area contributed by atoms with E-state index < -0.39 is 0 Å². The summed E-state index contributed by atoms with van der Waals surface area (Å²) in [6, 6.07) is 8.26. The molecule has 0 unspecified atom stereocenters. The van der Waals surface area contributed by atoms with Gasteiger partial charge in [-0.15, -0.1) is 11.3 Å². The van der Waals surface area contributed by atoms with Crippen LogP contribution in [0.5, 0.6) is 0 Å². The summed E-state index contributed by atoms with van der Waals surface area (Å²) in [5.74, 6) is 0. The number of aliphatic hydroxyl groups is 1. The molecule has 4 heteroatoms. The van der Waals surface area contributed by atoms with Gasteiger partial charge in [0.25, 0.3) is 0 Å². The van der Waals surface area contributed by atoms with Crippen molar-refractivity contribution in [3.8, 4) is 0 Å². The van der Waals surface area contributed by atoms with Crippen LogP contribution in [0.25, 0.3) is 10.2 Å². The van der Waals surface area contributed by atoms with Crippen LogP contribution in [0.3, 0.4) is 0 Å². The zero-order chi connectivity index (χ0) is 13.1. The van der Waals surface area contributed by atoms with Gasteiger partial charge in [0.05, 0.1) is 21.3 Å². The predicted octanol–water partition coefficient (Wildman–Crippen LogP) is 3.73. The van der Waals surface area contributed by atoms with Gasteiger partial charge in [-0.05, 0) is 19.1 Å². The van der Waals surface area contributed by atoms with E-state index in [4.69, 9.17) is 0 Å². The molecule has 0 aliphatic heterocycles. The largest absolute Gasteiger partial charge is 0.392 e. The Morgan fingerprint density at radius 3 is 2.67 bits per heavy atom. The molecule has 0 saturated heterocycles. The molecule has 1 aromatic heterocycles. The van der Waals surface area contributed by atoms with Crippen molar-refractivity contribution in [1.82, 2.24) is 4.98 Å². The van der Waals surface area contributed by atoms with Crippen LogP contribution in [0.4, 0.5) is 0 Å². The molecule has 0 radical (unpaired) electrons. The molecule has 0 aliphatic rings. The van der Waals surface area contributed by atoms with E-state index in [2.05, 4.69) is 37.0 Å². The minimum absolute atomic E-state index is 0.257. The van der Waals surface area contributed by atoms with E-state index in [-0.39, 0.29) is 11.4 Å². The number of thioether (sulfide) groups is 1. The van der Waals surface area contributed by atoms with E-state index in [1.807, 2.05) is 24.8 Å². The topological polar surface area (TPSA) is 33.1 Å². The highest BCUT2D eigenvalue weighted by Gasteiger charge is 2.15. The molecule has 1 aromatic carbocycles. The summed E-state index contributed by atoms with van der Waals surface area (Å²) in [6.07, 6.45) is 0.717. The number of fused-ring (bicyclic) bond motifs is 1. The summed E-state index contributed by atoms with van der Waals surface area (Å²) in [5.41, 5.74) is 1.10. The number of para-hydroxylation sites is 1. The molecular weight excluding hydrogens is 262 g/mol. The van der Waals surface area contributed by atoms with Crippen molar-refractivity contribution < 1.29 is 5.11 Å². The Hall–Kier alpha value is -0.580. The maximum absolute atomic E-state index is 9.52. The minimum Gasteiger partial charge on any atom is -0.392 e. The molecular formula is C14H19NOS2. The van der Waals surface area contributed by atoms with E-state index in [1.54, 1.807) is 11.3 Å². The zero-order valence-electron chi connectivity index (χ0n) is 11.0. The fourth-order valence-electron chi connectivity index (χ4n) is 1.78. The Labute approximate surface area is 116 Å². The second-order valence-electron chi connectivity index (χ2n) is 4.67. The summed E-state index contributed by atoms with van der Waals surface area (Å²) >= 11 is 3.60. The van der Waals surface area contributed by atoms with Gasteiger partial charge < -0.3 is 5.11 Å². The number of aromatic nitrogens is 1. The molecule has 0 amide bonds. The minimum atomic E-state index is -0.257. The lowest BCUT2D eigenvalue weighted by atomic mass is 10.3. The molecule has 2 rings (SSSR count). The first kappa shape index (κ1) is 13.8. The van der Waals surface area contributed by atoms with Crippen molar-refractivity contribution in [3.05, 3.63) is 29.3 Å². The smallest absolute Gasteiger partial charge is 0.0949 e. The van der Waals surface area contributed by atoms with Crippen molar-refractivity contribution in [1.29, 1.82) is 0 Å². The quantitative estimate of drug-likeness (QED) is 0.906. The summed E-state index contributed by atoms with van der Waals surface area (Å²) in [5, 5.41) is 11.5. The highest BCUT2D eigenvalue weighted by atomic mass is 32.2.